The number of anilines is 1. The van der Waals surface area contributed by atoms with Crippen LogP contribution in [0.3, 0.4) is 0 Å². The molecule has 0 radical (unpaired) electrons. The second-order valence-corrected chi connectivity index (χ2v) is 9.76. The smallest absolute Gasteiger partial charge is 0.343 e. The SMILES string of the molecule is CCN1CCN(c2cc3c(cc2F)c(=O)c(C(=O)OCc2cc(C)ccc2C)cn3C2CC2)CC1. The van der Waals surface area contributed by atoms with E-state index in [0.29, 0.717) is 11.2 Å². The van der Waals surface area contributed by atoms with E-state index in [1.165, 1.54) is 6.07 Å². The maximum Gasteiger partial charge on any atom is 0.343 e. The van der Waals surface area contributed by atoms with Gasteiger partial charge in [-0.1, -0.05) is 30.7 Å². The third-order valence-corrected chi connectivity index (χ3v) is 7.28. The number of pyridine rings is 1. The molecule has 184 valence electrons. The Balaban J connectivity index is 1.48. The second-order valence-electron chi connectivity index (χ2n) is 9.76. The van der Waals surface area contributed by atoms with Crippen LogP contribution in [-0.2, 0) is 11.3 Å². The average Bonchev–Trinajstić information content (AvgIpc) is 3.70. The van der Waals surface area contributed by atoms with Crippen molar-refractivity contribution >= 4 is 22.6 Å². The number of carbonyl (C=O) groups excluding carboxylic acids is 1. The molecule has 0 N–H and O–H groups in total. The van der Waals surface area contributed by atoms with Crippen LogP contribution in [0.4, 0.5) is 10.1 Å². The van der Waals surface area contributed by atoms with Crippen LogP contribution in [0.15, 0.2) is 41.3 Å². The molecule has 2 heterocycles. The van der Waals surface area contributed by atoms with Crippen molar-refractivity contribution in [2.45, 2.75) is 46.3 Å². The number of halogens is 1. The molecule has 35 heavy (non-hydrogen) atoms. The summed E-state index contributed by atoms with van der Waals surface area (Å²) in [4.78, 5) is 30.7. The van der Waals surface area contributed by atoms with Crippen molar-refractivity contribution in [2.75, 3.05) is 37.6 Å². The molecule has 1 aliphatic heterocycles. The van der Waals surface area contributed by atoms with Crippen molar-refractivity contribution in [3.63, 3.8) is 0 Å². The van der Waals surface area contributed by atoms with E-state index in [9.17, 15) is 9.59 Å². The lowest BCUT2D eigenvalue weighted by molar-refractivity contribution is 0.0470. The fourth-order valence-electron chi connectivity index (χ4n) is 4.88. The van der Waals surface area contributed by atoms with Crippen LogP contribution in [0, 0.1) is 19.7 Å². The van der Waals surface area contributed by atoms with E-state index in [1.807, 2.05) is 36.6 Å². The van der Waals surface area contributed by atoms with E-state index in [2.05, 4.69) is 16.7 Å². The van der Waals surface area contributed by atoms with Crippen LogP contribution in [0.2, 0.25) is 0 Å². The molecule has 0 spiro atoms. The number of rotatable bonds is 6. The first-order valence-electron chi connectivity index (χ1n) is 12.4. The van der Waals surface area contributed by atoms with Gasteiger partial charge >= 0.3 is 5.97 Å². The fraction of sp³-hybridized carbons (Fsp3) is 0.429. The lowest BCUT2D eigenvalue weighted by atomic mass is 10.1. The predicted octanol–water partition coefficient (Wildman–Crippen LogP) is 4.59. The van der Waals surface area contributed by atoms with Gasteiger partial charge in [0.25, 0.3) is 0 Å². The number of hydrogen-bond acceptors (Lipinski definition) is 5. The Hall–Kier alpha value is -3.19. The van der Waals surface area contributed by atoms with Crippen molar-refractivity contribution < 1.29 is 13.9 Å². The molecule has 2 aliphatic rings. The van der Waals surface area contributed by atoms with Crippen LogP contribution in [0.5, 0.6) is 0 Å². The van der Waals surface area contributed by atoms with Crippen molar-refractivity contribution in [2.24, 2.45) is 0 Å². The van der Waals surface area contributed by atoms with Gasteiger partial charge in [-0.2, -0.15) is 0 Å². The Bertz CT molecular complexity index is 1340. The molecule has 7 heteroatoms. The van der Waals surface area contributed by atoms with Crippen molar-refractivity contribution in [1.82, 2.24) is 9.47 Å². The minimum absolute atomic E-state index is 0.0431. The summed E-state index contributed by atoms with van der Waals surface area (Å²) in [5.74, 6) is -1.10. The summed E-state index contributed by atoms with van der Waals surface area (Å²) in [6.45, 7) is 10.4. The summed E-state index contributed by atoms with van der Waals surface area (Å²) in [6.07, 6.45) is 3.55. The Labute approximate surface area is 204 Å². The molecule has 1 aromatic heterocycles. The summed E-state index contributed by atoms with van der Waals surface area (Å²) in [7, 11) is 0. The molecule has 1 aliphatic carbocycles. The molecular weight excluding hydrogens is 445 g/mol. The van der Waals surface area contributed by atoms with E-state index >= 15 is 4.39 Å². The average molecular weight is 478 g/mol. The topological polar surface area (TPSA) is 54.8 Å². The largest absolute Gasteiger partial charge is 0.457 e. The molecule has 0 atom stereocenters. The van der Waals surface area contributed by atoms with Crippen LogP contribution in [-0.4, -0.2) is 48.2 Å². The summed E-state index contributed by atoms with van der Waals surface area (Å²) < 4.78 is 22.8. The van der Waals surface area contributed by atoms with Gasteiger partial charge in [0.15, 0.2) is 0 Å². The number of esters is 1. The third kappa shape index (κ3) is 4.69. The number of ether oxygens (including phenoxy) is 1. The van der Waals surface area contributed by atoms with Crippen molar-refractivity contribution in [1.29, 1.82) is 0 Å². The van der Waals surface area contributed by atoms with E-state index in [4.69, 9.17) is 4.74 Å². The Kier molecular flexibility index (Phi) is 6.36. The first-order valence-corrected chi connectivity index (χ1v) is 12.4. The Morgan fingerprint density at radius 3 is 2.51 bits per heavy atom. The lowest BCUT2D eigenvalue weighted by Crippen LogP contribution is -2.46. The van der Waals surface area contributed by atoms with Gasteiger partial charge in [0, 0.05) is 43.8 Å². The first kappa shape index (κ1) is 23.5. The summed E-state index contributed by atoms with van der Waals surface area (Å²) in [5, 5.41) is 0.228. The molecule has 0 amide bonds. The van der Waals surface area contributed by atoms with Crippen molar-refractivity contribution in [3.05, 3.63) is 74.8 Å². The van der Waals surface area contributed by atoms with Gasteiger partial charge < -0.3 is 19.1 Å². The number of benzene rings is 2. The summed E-state index contributed by atoms with van der Waals surface area (Å²) >= 11 is 0. The third-order valence-electron chi connectivity index (χ3n) is 7.28. The van der Waals surface area contributed by atoms with Gasteiger partial charge in [0.1, 0.15) is 18.0 Å². The molecule has 1 saturated carbocycles. The van der Waals surface area contributed by atoms with Crippen LogP contribution < -0.4 is 10.3 Å². The standard InChI is InChI=1S/C28H32FN3O3/c1-4-30-9-11-31(12-10-30)26-15-25-22(14-24(26)29)27(33)23(16-32(25)21-7-8-21)28(34)35-17-20-13-18(2)5-6-19(20)3/h5-6,13-16,21H,4,7-12,17H2,1-3H3. The zero-order chi connectivity index (χ0) is 24.7. The summed E-state index contributed by atoms with van der Waals surface area (Å²) in [6, 6.07) is 9.26. The molecule has 0 bridgehead atoms. The zero-order valence-corrected chi connectivity index (χ0v) is 20.6. The van der Waals surface area contributed by atoms with E-state index in [-0.39, 0.29) is 23.6 Å². The molecule has 2 fully saturated rings. The Morgan fingerprint density at radius 1 is 1.09 bits per heavy atom. The van der Waals surface area contributed by atoms with Crippen LogP contribution in [0.25, 0.3) is 10.9 Å². The van der Waals surface area contributed by atoms with Gasteiger partial charge in [0.05, 0.1) is 11.2 Å². The molecule has 0 unspecified atom stereocenters. The number of aryl methyl sites for hydroxylation is 2. The number of aromatic nitrogens is 1. The highest BCUT2D eigenvalue weighted by Gasteiger charge is 2.29. The minimum atomic E-state index is -0.674. The number of hydrogen-bond donors (Lipinski definition) is 0. The number of likely N-dealkylation sites (N-methyl/N-ethyl adjacent to an activating group) is 1. The molecule has 1 saturated heterocycles. The molecule has 5 rings (SSSR count). The lowest BCUT2D eigenvalue weighted by Gasteiger charge is -2.35. The number of carbonyl (C=O) groups is 1. The summed E-state index contributed by atoms with van der Waals surface area (Å²) in [5.41, 5.74) is 3.67. The second kappa shape index (κ2) is 9.46. The van der Waals surface area contributed by atoms with Crippen LogP contribution in [0.1, 0.15) is 52.9 Å². The maximum absolute atomic E-state index is 15.3. The number of fused-ring (bicyclic) bond motifs is 1. The first-order chi connectivity index (χ1) is 16.9. The highest BCUT2D eigenvalue weighted by molar-refractivity contribution is 5.94. The van der Waals surface area contributed by atoms with E-state index < -0.39 is 17.2 Å². The predicted molar refractivity (Wildman–Crippen MR) is 136 cm³/mol. The molecule has 3 aromatic rings. The Morgan fingerprint density at radius 2 is 1.83 bits per heavy atom. The van der Waals surface area contributed by atoms with Crippen LogP contribution >= 0.6 is 0 Å². The van der Waals surface area contributed by atoms with Gasteiger partial charge in [-0.05, 0) is 56.5 Å². The molecule has 6 nitrogen and oxygen atoms in total. The minimum Gasteiger partial charge on any atom is -0.457 e. The number of nitrogens with zero attached hydrogens (tertiary/aromatic N) is 3. The highest BCUT2D eigenvalue weighted by Crippen LogP contribution is 2.38. The molecular formula is C28H32FN3O3. The fourth-order valence-corrected chi connectivity index (χ4v) is 4.88. The van der Waals surface area contributed by atoms with Gasteiger partial charge in [-0.3, -0.25) is 4.79 Å². The van der Waals surface area contributed by atoms with Crippen molar-refractivity contribution in [3.8, 4) is 0 Å². The van der Waals surface area contributed by atoms with Gasteiger partial charge in [-0.15, -0.1) is 0 Å². The highest BCUT2D eigenvalue weighted by atomic mass is 19.1. The maximum atomic E-state index is 15.3. The zero-order valence-electron chi connectivity index (χ0n) is 20.6. The quantitative estimate of drug-likeness (QED) is 0.486. The number of piperazine rings is 1. The monoisotopic (exact) mass is 477 g/mol. The molecule has 2 aromatic carbocycles. The van der Waals surface area contributed by atoms with E-state index in [0.717, 1.165) is 62.3 Å². The van der Waals surface area contributed by atoms with Gasteiger partial charge in [0.2, 0.25) is 5.43 Å². The normalized spacial score (nSPS) is 16.6. The van der Waals surface area contributed by atoms with E-state index in [1.54, 1.807) is 12.3 Å². The van der Waals surface area contributed by atoms with Gasteiger partial charge in [-0.25, -0.2) is 9.18 Å².